The highest BCUT2D eigenvalue weighted by Crippen LogP contribution is 2.40. The highest BCUT2D eigenvalue weighted by atomic mass is 32.1. The molecule has 0 spiro atoms. The quantitative estimate of drug-likeness (QED) is 0.833. The molecule has 4 rings (SSSR count). The number of thiophene rings is 1. The third-order valence-electron chi connectivity index (χ3n) is 4.67. The maximum Gasteiger partial charge on any atom is 0.438 e. The molecule has 2 amide bonds. The Bertz CT molecular complexity index is 852. The average molecular weight is 372 g/mol. The maximum absolute atomic E-state index is 13.1. The van der Waals surface area contributed by atoms with Crippen LogP contribution in [-0.4, -0.2) is 54.7 Å². The van der Waals surface area contributed by atoms with E-state index in [1.807, 2.05) is 19.1 Å². The Hall–Kier alpha value is -2.42. The molecule has 1 N–H and O–H groups in total. The molecule has 2 aliphatic rings. The second kappa shape index (κ2) is 6.71. The van der Waals surface area contributed by atoms with Crippen molar-refractivity contribution in [3.63, 3.8) is 0 Å². The van der Waals surface area contributed by atoms with Gasteiger partial charge in [-0.2, -0.15) is 0 Å². The van der Waals surface area contributed by atoms with Crippen molar-refractivity contribution in [1.29, 1.82) is 0 Å². The van der Waals surface area contributed by atoms with E-state index in [2.05, 4.69) is 17.3 Å². The van der Waals surface area contributed by atoms with E-state index >= 15 is 0 Å². The normalized spacial score (nSPS) is 20.8. The van der Waals surface area contributed by atoms with Gasteiger partial charge in [0.1, 0.15) is 0 Å². The van der Waals surface area contributed by atoms with Crippen LogP contribution >= 0.6 is 11.3 Å². The SMILES string of the molecule is CC1CN(C)CCN1OC(=O)N1c2ccccc2NC(=O)c2cscc21. The molecule has 1 atom stereocenters. The van der Waals surface area contributed by atoms with Crippen LogP contribution in [0.15, 0.2) is 35.0 Å². The number of hydrogen-bond acceptors (Lipinski definition) is 6. The Kier molecular flexibility index (Phi) is 4.39. The van der Waals surface area contributed by atoms with E-state index < -0.39 is 6.09 Å². The summed E-state index contributed by atoms with van der Waals surface area (Å²) in [6.07, 6.45) is -0.509. The summed E-state index contributed by atoms with van der Waals surface area (Å²) in [4.78, 5) is 35.0. The van der Waals surface area contributed by atoms with Crippen molar-refractivity contribution in [2.24, 2.45) is 0 Å². The van der Waals surface area contributed by atoms with Gasteiger partial charge in [-0.25, -0.2) is 9.69 Å². The van der Waals surface area contributed by atoms with Crippen LogP contribution in [0.1, 0.15) is 17.3 Å². The minimum absolute atomic E-state index is 0.0987. The molecule has 0 aliphatic carbocycles. The van der Waals surface area contributed by atoms with Gasteiger partial charge in [0.15, 0.2) is 0 Å². The number of hydrogen-bond donors (Lipinski definition) is 1. The first-order valence-corrected chi connectivity index (χ1v) is 9.42. The number of amides is 2. The highest BCUT2D eigenvalue weighted by Gasteiger charge is 2.33. The van der Waals surface area contributed by atoms with Crippen molar-refractivity contribution in [2.75, 3.05) is 36.9 Å². The van der Waals surface area contributed by atoms with Gasteiger partial charge in [-0.3, -0.25) is 4.79 Å². The number of anilines is 3. The molecule has 0 bridgehead atoms. The molecule has 1 saturated heterocycles. The fourth-order valence-electron chi connectivity index (χ4n) is 3.32. The lowest BCUT2D eigenvalue weighted by atomic mass is 10.2. The third-order valence-corrected chi connectivity index (χ3v) is 5.40. The lowest BCUT2D eigenvalue weighted by Gasteiger charge is -2.37. The number of nitrogens with one attached hydrogen (secondary N) is 1. The van der Waals surface area contributed by atoms with Gasteiger partial charge in [0.05, 0.1) is 28.7 Å². The second-order valence-corrected chi connectivity index (χ2v) is 7.33. The molecule has 26 heavy (non-hydrogen) atoms. The first-order chi connectivity index (χ1) is 12.5. The van der Waals surface area contributed by atoms with Gasteiger partial charge < -0.3 is 15.1 Å². The smallest absolute Gasteiger partial charge is 0.350 e. The van der Waals surface area contributed by atoms with Crippen molar-refractivity contribution >= 4 is 40.4 Å². The van der Waals surface area contributed by atoms with Crippen LogP contribution < -0.4 is 10.2 Å². The largest absolute Gasteiger partial charge is 0.438 e. The molecule has 1 aromatic heterocycles. The number of likely N-dealkylation sites (N-methyl/N-ethyl adjacent to an activating group) is 1. The highest BCUT2D eigenvalue weighted by molar-refractivity contribution is 7.08. The van der Waals surface area contributed by atoms with Gasteiger partial charge in [0.2, 0.25) is 0 Å². The first kappa shape index (κ1) is 17.0. The number of para-hydroxylation sites is 2. The number of benzene rings is 1. The van der Waals surface area contributed by atoms with Crippen LogP contribution in [0.5, 0.6) is 0 Å². The molecule has 8 heteroatoms. The average Bonchev–Trinajstić information content (AvgIpc) is 3.04. The van der Waals surface area contributed by atoms with Crippen LogP contribution in [-0.2, 0) is 4.84 Å². The van der Waals surface area contributed by atoms with Crippen molar-refractivity contribution in [3.05, 3.63) is 40.6 Å². The zero-order valence-electron chi connectivity index (χ0n) is 14.6. The predicted molar refractivity (Wildman–Crippen MR) is 101 cm³/mol. The number of carbonyl (C=O) groups excluding carboxylic acids is 2. The Morgan fingerprint density at radius 2 is 2.04 bits per heavy atom. The summed E-state index contributed by atoms with van der Waals surface area (Å²) in [6, 6.07) is 7.34. The van der Waals surface area contributed by atoms with E-state index in [1.165, 1.54) is 16.2 Å². The number of nitrogens with zero attached hydrogens (tertiary/aromatic N) is 3. The van der Waals surface area contributed by atoms with E-state index in [0.29, 0.717) is 29.2 Å². The summed E-state index contributed by atoms with van der Waals surface area (Å²) in [7, 11) is 2.05. The maximum atomic E-state index is 13.1. The standard InChI is InChI=1S/C18H20N4O3S/c1-12-9-20(2)7-8-21(12)25-18(24)22-15-6-4-3-5-14(15)19-17(23)13-10-26-11-16(13)22/h3-6,10-12H,7-9H2,1-2H3,(H,19,23). The molecule has 3 heterocycles. The molecule has 2 aromatic rings. The summed E-state index contributed by atoms with van der Waals surface area (Å²) >= 11 is 1.38. The van der Waals surface area contributed by atoms with Crippen LogP contribution in [0.3, 0.4) is 0 Å². The Morgan fingerprint density at radius 1 is 1.23 bits per heavy atom. The zero-order valence-corrected chi connectivity index (χ0v) is 15.5. The topological polar surface area (TPSA) is 65.1 Å². The van der Waals surface area contributed by atoms with Crippen LogP contribution in [0.2, 0.25) is 0 Å². The molecular weight excluding hydrogens is 352 g/mol. The van der Waals surface area contributed by atoms with Crippen LogP contribution in [0.25, 0.3) is 0 Å². The molecule has 2 aliphatic heterocycles. The lowest BCUT2D eigenvalue weighted by molar-refractivity contribution is -0.147. The monoisotopic (exact) mass is 372 g/mol. The summed E-state index contributed by atoms with van der Waals surface area (Å²) in [5.41, 5.74) is 2.20. The molecule has 7 nitrogen and oxygen atoms in total. The van der Waals surface area contributed by atoms with Gasteiger partial charge >= 0.3 is 6.09 Å². The number of carbonyl (C=O) groups is 2. The van der Waals surface area contributed by atoms with E-state index in [0.717, 1.165) is 13.1 Å². The first-order valence-electron chi connectivity index (χ1n) is 8.48. The van der Waals surface area contributed by atoms with Crippen LogP contribution in [0.4, 0.5) is 21.9 Å². The van der Waals surface area contributed by atoms with Gasteiger partial charge in [-0.1, -0.05) is 12.1 Å². The van der Waals surface area contributed by atoms with Gasteiger partial charge in [0.25, 0.3) is 5.91 Å². The minimum atomic E-state index is -0.509. The lowest BCUT2D eigenvalue weighted by Crippen LogP contribution is -2.51. The van der Waals surface area contributed by atoms with E-state index in [1.54, 1.807) is 28.0 Å². The fourth-order valence-corrected chi connectivity index (χ4v) is 4.12. The fraction of sp³-hybridized carbons (Fsp3) is 0.333. The Morgan fingerprint density at radius 3 is 2.85 bits per heavy atom. The molecular formula is C18H20N4O3S. The third kappa shape index (κ3) is 2.96. The van der Waals surface area contributed by atoms with Gasteiger partial charge in [-0.05, 0) is 26.1 Å². The van der Waals surface area contributed by atoms with Crippen molar-refractivity contribution in [2.45, 2.75) is 13.0 Å². The van der Waals surface area contributed by atoms with Gasteiger partial charge in [-0.15, -0.1) is 16.4 Å². The zero-order chi connectivity index (χ0) is 18.3. The van der Waals surface area contributed by atoms with Crippen molar-refractivity contribution in [3.8, 4) is 0 Å². The van der Waals surface area contributed by atoms with Gasteiger partial charge in [0, 0.05) is 30.4 Å². The summed E-state index contributed by atoms with van der Waals surface area (Å²) in [5.74, 6) is -0.225. The summed E-state index contributed by atoms with van der Waals surface area (Å²) in [6.45, 7) is 4.33. The van der Waals surface area contributed by atoms with E-state index in [4.69, 9.17) is 4.84 Å². The van der Waals surface area contributed by atoms with E-state index in [9.17, 15) is 9.59 Å². The predicted octanol–water partition coefficient (Wildman–Crippen LogP) is 3.14. The van der Waals surface area contributed by atoms with E-state index in [-0.39, 0.29) is 11.9 Å². The Balaban J connectivity index is 1.68. The molecule has 1 unspecified atom stereocenters. The van der Waals surface area contributed by atoms with Crippen molar-refractivity contribution < 1.29 is 14.4 Å². The van der Waals surface area contributed by atoms with Crippen molar-refractivity contribution in [1.82, 2.24) is 9.96 Å². The number of rotatable bonds is 1. The second-order valence-electron chi connectivity index (χ2n) is 6.59. The Labute approximate surface area is 155 Å². The summed E-state index contributed by atoms with van der Waals surface area (Å²) < 4.78 is 0. The molecule has 0 saturated carbocycles. The number of hydroxylamine groups is 2. The molecule has 0 radical (unpaired) electrons. The minimum Gasteiger partial charge on any atom is -0.350 e. The molecule has 1 aromatic carbocycles. The number of fused-ring (bicyclic) bond motifs is 2. The number of piperazine rings is 1. The summed E-state index contributed by atoms with van der Waals surface area (Å²) in [5, 5.41) is 8.13. The molecule has 1 fully saturated rings. The van der Waals surface area contributed by atoms with Crippen LogP contribution in [0, 0.1) is 0 Å². The molecule has 136 valence electrons.